The molecule has 0 amide bonds. The van der Waals surface area contributed by atoms with Crippen LogP contribution in [0.5, 0.6) is 0 Å². The summed E-state index contributed by atoms with van der Waals surface area (Å²) in [6.45, 7) is 5.98. The molecule has 1 heterocycles. The van der Waals surface area contributed by atoms with Crippen molar-refractivity contribution < 1.29 is 0 Å². The van der Waals surface area contributed by atoms with E-state index in [-0.39, 0.29) is 0 Å². The number of hydrogen-bond acceptors (Lipinski definition) is 1. The van der Waals surface area contributed by atoms with E-state index in [0.29, 0.717) is 5.41 Å². The monoisotopic (exact) mass is 294 g/mol. The maximum absolute atomic E-state index is 4.21. The van der Waals surface area contributed by atoms with E-state index in [0.717, 1.165) is 18.4 Å². The van der Waals surface area contributed by atoms with Crippen LogP contribution in [0.15, 0.2) is 36.9 Å². The second-order valence-electron chi connectivity index (χ2n) is 7.65. The number of aryl methyl sites for hydroxylation is 1. The molecule has 0 spiro atoms. The molecule has 2 aliphatic rings. The van der Waals surface area contributed by atoms with Gasteiger partial charge < -0.3 is 4.57 Å². The molecular formula is C20H26N2. The maximum atomic E-state index is 4.21. The molecule has 2 aliphatic carbocycles. The minimum Gasteiger partial charge on any atom is -0.337 e. The molecule has 0 fully saturated rings. The van der Waals surface area contributed by atoms with Gasteiger partial charge in [-0.15, -0.1) is 0 Å². The number of aromatic nitrogens is 2. The average molecular weight is 294 g/mol. The molecule has 2 aromatic rings. The van der Waals surface area contributed by atoms with Gasteiger partial charge in [-0.1, -0.05) is 32.0 Å². The lowest BCUT2D eigenvalue weighted by molar-refractivity contribution is 0.175. The Balaban J connectivity index is 1.75. The van der Waals surface area contributed by atoms with Crippen molar-refractivity contribution in [2.24, 2.45) is 11.8 Å². The van der Waals surface area contributed by atoms with Gasteiger partial charge in [0.25, 0.3) is 0 Å². The molecule has 116 valence electrons. The number of hydrogen-bond donors (Lipinski definition) is 0. The van der Waals surface area contributed by atoms with Crippen molar-refractivity contribution >= 4 is 0 Å². The van der Waals surface area contributed by atoms with Crippen LogP contribution in [-0.4, -0.2) is 9.55 Å². The second-order valence-corrected chi connectivity index (χ2v) is 7.65. The SMILES string of the molecule is CC(C)[C@@]12CCCc3cccc(c31)C[C@H](Cn1ccnc1)C2. The molecule has 1 aromatic heterocycles. The molecule has 2 atom stereocenters. The van der Waals surface area contributed by atoms with Crippen LogP contribution in [0.3, 0.4) is 0 Å². The molecule has 2 nitrogen and oxygen atoms in total. The van der Waals surface area contributed by atoms with Gasteiger partial charge in [-0.05, 0) is 66.0 Å². The Morgan fingerprint density at radius 3 is 2.95 bits per heavy atom. The smallest absolute Gasteiger partial charge is 0.0945 e. The molecule has 0 bridgehead atoms. The molecule has 4 rings (SSSR count). The Kier molecular flexibility index (Phi) is 3.36. The lowest BCUT2D eigenvalue weighted by Crippen LogP contribution is -2.43. The molecule has 0 saturated heterocycles. The highest BCUT2D eigenvalue weighted by atomic mass is 15.0. The standard InChI is InChI=1S/C20H26N2/c1-15(2)20-8-4-7-17-5-3-6-18(19(17)20)11-16(12-20)13-22-10-9-21-14-22/h3,5-6,9-10,14-16H,4,7-8,11-13H2,1-2H3/t16-,20-/m0/s1. The van der Waals surface area contributed by atoms with Gasteiger partial charge in [0.05, 0.1) is 6.33 Å². The molecule has 1 aromatic carbocycles. The Labute approximate surface area is 133 Å². The van der Waals surface area contributed by atoms with E-state index in [1.54, 1.807) is 16.7 Å². The summed E-state index contributed by atoms with van der Waals surface area (Å²) in [7, 11) is 0. The first-order chi connectivity index (χ1) is 10.7. The Morgan fingerprint density at radius 2 is 2.18 bits per heavy atom. The van der Waals surface area contributed by atoms with E-state index in [4.69, 9.17) is 0 Å². The summed E-state index contributed by atoms with van der Waals surface area (Å²) >= 11 is 0. The van der Waals surface area contributed by atoms with Gasteiger partial charge in [0.15, 0.2) is 0 Å². The first kappa shape index (κ1) is 14.0. The summed E-state index contributed by atoms with van der Waals surface area (Å²) in [6.07, 6.45) is 12.5. The highest BCUT2D eigenvalue weighted by Gasteiger charge is 2.45. The summed E-state index contributed by atoms with van der Waals surface area (Å²) < 4.78 is 2.26. The summed E-state index contributed by atoms with van der Waals surface area (Å²) in [5, 5.41) is 0. The average Bonchev–Trinajstić information content (AvgIpc) is 3.00. The van der Waals surface area contributed by atoms with Crippen LogP contribution in [0.2, 0.25) is 0 Å². The molecule has 22 heavy (non-hydrogen) atoms. The normalized spacial score (nSPS) is 27.0. The van der Waals surface area contributed by atoms with Crippen molar-refractivity contribution in [3.8, 4) is 0 Å². The summed E-state index contributed by atoms with van der Waals surface area (Å²) in [4.78, 5) is 4.21. The number of nitrogens with zero attached hydrogens (tertiary/aromatic N) is 2. The molecule has 0 unspecified atom stereocenters. The molecule has 0 aliphatic heterocycles. The summed E-state index contributed by atoms with van der Waals surface area (Å²) in [5.74, 6) is 1.45. The number of imidazole rings is 1. The number of benzene rings is 1. The maximum Gasteiger partial charge on any atom is 0.0945 e. The fourth-order valence-corrected chi connectivity index (χ4v) is 5.13. The topological polar surface area (TPSA) is 17.8 Å². The van der Waals surface area contributed by atoms with Crippen LogP contribution in [0.1, 0.15) is 49.8 Å². The summed E-state index contributed by atoms with van der Waals surface area (Å²) in [5.41, 5.74) is 5.41. The lowest BCUT2D eigenvalue weighted by atomic mass is 9.55. The van der Waals surface area contributed by atoms with Crippen molar-refractivity contribution in [3.63, 3.8) is 0 Å². The van der Waals surface area contributed by atoms with Crippen LogP contribution in [0.25, 0.3) is 0 Å². The van der Waals surface area contributed by atoms with Gasteiger partial charge in [0, 0.05) is 18.9 Å². The first-order valence-electron chi connectivity index (χ1n) is 8.76. The molecule has 0 N–H and O–H groups in total. The van der Waals surface area contributed by atoms with E-state index in [2.05, 4.69) is 47.8 Å². The Hall–Kier alpha value is -1.57. The van der Waals surface area contributed by atoms with Crippen LogP contribution >= 0.6 is 0 Å². The Morgan fingerprint density at radius 1 is 1.32 bits per heavy atom. The van der Waals surface area contributed by atoms with Gasteiger partial charge in [-0.2, -0.15) is 0 Å². The third-order valence-electron chi connectivity index (χ3n) is 6.10. The zero-order valence-electron chi connectivity index (χ0n) is 13.8. The highest BCUT2D eigenvalue weighted by Crippen LogP contribution is 2.52. The van der Waals surface area contributed by atoms with Gasteiger partial charge in [-0.3, -0.25) is 0 Å². The van der Waals surface area contributed by atoms with E-state index >= 15 is 0 Å². The minimum absolute atomic E-state index is 0.410. The third-order valence-corrected chi connectivity index (χ3v) is 6.10. The van der Waals surface area contributed by atoms with Gasteiger partial charge in [-0.25, -0.2) is 4.98 Å². The van der Waals surface area contributed by atoms with Crippen molar-refractivity contribution in [1.29, 1.82) is 0 Å². The predicted octanol–water partition coefficient (Wildman–Crippen LogP) is 4.38. The van der Waals surface area contributed by atoms with Crippen LogP contribution in [0, 0.1) is 11.8 Å². The van der Waals surface area contributed by atoms with Crippen LogP contribution in [-0.2, 0) is 24.8 Å². The molecule has 2 heteroatoms. The minimum atomic E-state index is 0.410. The zero-order valence-corrected chi connectivity index (χ0v) is 13.8. The van der Waals surface area contributed by atoms with E-state index in [9.17, 15) is 0 Å². The Bertz CT molecular complexity index is 656. The lowest BCUT2D eigenvalue weighted by Gasteiger charge is -2.49. The quantitative estimate of drug-likeness (QED) is 0.821. The second kappa shape index (κ2) is 5.26. The largest absolute Gasteiger partial charge is 0.337 e. The van der Waals surface area contributed by atoms with Gasteiger partial charge in [0.2, 0.25) is 0 Å². The van der Waals surface area contributed by atoms with Crippen LogP contribution < -0.4 is 0 Å². The van der Waals surface area contributed by atoms with Crippen molar-refractivity contribution in [2.75, 3.05) is 0 Å². The van der Waals surface area contributed by atoms with Crippen molar-refractivity contribution in [1.82, 2.24) is 9.55 Å². The molecule has 0 saturated carbocycles. The first-order valence-corrected chi connectivity index (χ1v) is 8.76. The summed E-state index contributed by atoms with van der Waals surface area (Å²) in [6, 6.07) is 7.05. The van der Waals surface area contributed by atoms with Crippen molar-refractivity contribution in [3.05, 3.63) is 53.6 Å². The van der Waals surface area contributed by atoms with E-state index in [1.807, 2.05) is 12.5 Å². The fraction of sp³-hybridized carbons (Fsp3) is 0.550. The van der Waals surface area contributed by atoms with Gasteiger partial charge >= 0.3 is 0 Å². The van der Waals surface area contributed by atoms with E-state index < -0.39 is 0 Å². The van der Waals surface area contributed by atoms with Gasteiger partial charge in [0.1, 0.15) is 0 Å². The van der Waals surface area contributed by atoms with E-state index in [1.165, 1.54) is 32.1 Å². The number of rotatable bonds is 3. The molecular weight excluding hydrogens is 268 g/mol. The highest BCUT2D eigenvalue weighted by molar-refractivity contribution is 5.46. The van der Waals surface area contributed by atoms with Crippen molar-refractivity contribution in [2.45, 2.75) is 57.9 Å². The molecule has 0 radical (unpaired) electrons. The van der Waals surface area contributed by atoms with Crippen LogP contribution in [0.4, 0.5) is 0 Å². The third kappa shape index (κ3) is 2.12. The fourth-order valence-electron chi connectivity index (χ4n) is 5.13. The zero-order chi connectivity index (χ0) is 15.2. The predicted molar refractivity (Wildman–Crippen MR) is 89.9 cm³/mol.